The van der Waals surface area contributed by atoms with Crippen molar-refractivity contribution in [1.29, 1.82) is 0 Å². The third-order valence-electron chi connectivity index (χ3n) is 13.2. The van der Waals surface area contributed by atoms with Gasteiger partial charge in [-0.2, -0.15) is 0 Å². The van der Waals surface area contributed by atoms with E-state index in [4.69, 9.17) is 14.2 Å². The van der Waals surface area contributed by atoms with Gasteiger partial charge in [-0.1, -0.05) is 55.5 Å². The average molecular weight is 836 g/mol. The molecule has 6 N–H and O–H groups in total. The molecule has 2 aromatic carbocycles. The van der Waals surface area contributed by atoms with E-state index >= 15 is 8.78 Å². The molecule has 0 aromatic heterocycles. The Balaban J connectivity index is 1.00. The summed E-state index contributed by atoms with van der Waals surface area (Å²) in [5.74, 6) is -4.33. The maximum atomic E-state index is 17.4. The van der Waals surface area contributed by atoms with Crippen molar-refractivity contribution in [3.05, 3.63) is 89.0 Å². The highest BCUT2D eigenvalue weighted by atomic mass is 19.1. The van der Waals surface area contributed by atoms with Gasteiger partial charge in [0, 0.05) is 28.5 Å². The van der Waals surface area contributed by atoms with Crippen LogP contribution in [0.4, 0.5) is 19.3 Å². The van der Waals surface area contributed by atoms with Crippen molar-refractivity contribution in [3.63, 3.8) is 0 Å². The minimum atomic E-state index is -2.24. The number of amides is 3. The summed E-state index contributed by atoms with van der Waals surface area (Å²) in [5, 5.41) is 39.9. The molecule has 1 saturated heterocycles. The van der Waals surface area contributed by atoms with Crippen LogP contribution >= 0.6 is 0 Å². The number of Topliss-reactive ketones (excluding diaryl/α,β-unsaturated/α-hetero) is 1. The van der Waals surface area contributed by atoms with Crippen LogP contribution in [0.15, 0.2) is 72.3 Å². The van der Waals surface area contributed by atoms with Crippen LogP contribution in [0.5, 0.6) is 0 Å². The van der Waals surface area contributed by atoms with Crippen LogP contribution in [0.25, 0.3) is 0 Å². The van der Waals surface area contributed by atoms with Gasteiger partial charge in [0.1, 0.15) is 36.1 Å². The van der Waals surface area contributed by atoms with Gasteiger partial charge in [0.05, 0.1) is 18.3 Å². The lowest BCUT2D eigenvalue weighted by atomic mass is 9.48. The van der Waals surface area contributed by atoms with Crippen molar-refractivity contribution in [2.45, 2.75) is 127 Å². The second-order valence-corrected chi connectivity index (χ2v) is 18.2. The summed E-state index contributed by atoms with van der Waals surface area (Å²) in [4.78, 5) is 51.5. The Labute approximate surface area is 347 Å². The van der Waals surface area contributed by atoms with Crippen molar-refractivity contribution in [3.8, 4) is 0 Å². The number of hydrogen-bond acceptors (Lipinski definition) is 10. The van der Waals surface area contributed by atoms with Gasteiger partial charge >= 0.3 is 6.09 Å². The normalized spacial score (nSPS) is 35.1. The van der Waals surface area contributed by atoms with Gasteiger partial charge in [-0.05, 0) is 101 Å². The van der Waals surface area contributed by atoms with Gasteiger partial charge in [0.2, 0.25) is 11.8 Å². The number of aliphatic hydroxyl groups is 3. The molecule has 0 spiro atoms. The van der Waals surface area contributed by atoms with Crippen molar-refractivity contribution >= 4 is 29.4 Å². The van der Waals surface area contributed by atoms with Crippen LogP contribution in [0.2, 0.25) is 0 Å². The number of ketones is 1. The Morgan fingerprint density at radius 3 is 2.33 bits per heavy atom. The van der Waals surface area contributed by atoms with Crippen LogP contribution in [-0.2, 0) is 35.0 Å². The van der Waals surface area contributed by atoms with Crippen molar-refractivity contribution in [1.82, 2.24) is 10.6 Å². The summed E-state index contributed by atoms with van der Waals surface area (Å²) in [6.07, 6.45) is -2.45. The molecule has 15 heteroatoms. The van der Waals surface area contributed by atoms with Crippen molar-refractivity contribution in [2.75, 3.05) is 11.9 Å². The largest absolute Gasteiger partial charge is 0.444 e. The number of anilines is 1. The topological polar surface area (TPSA) is 193 Å². The fourth-order valence-electron chi connectivity index (χ4n) is 10.4. The zero-order valence-corrected chi connectivity index (χ0v) is 34.6. The molecular formula is C45H55F2N3O10. The summed E-state index contributed by atoms with van der Waals surface area (Å²) in [5.41, 5.74) is -2.88. The first-order valence-corrected chi connectivity index (χ1v) is 20.5. The number of benzene rings is 2. The maximum absolute atomic E-state index is 17.4. The van der Waals surface area contributed by atoms with E-state index in [1.165, 1.54) is 32.1 Å². The summed E-state index contributed by atoms with van der Waals surface area (Å²) >= 11 is 0. The molecule has 5 unspecified atom stereocenters. The molecule has 13 atom stereocenters. The Bertz CT molecular complexity index is 2070. The molecule has 4 fully saturated rings. The summed E-state index contributed by atoms with van der Waals surface area (Å²) < 4.78 is 51.3. The molecule has 4 aliphatic carbocycles. The molecule has 0 bridgehead atoms. The van der Waals surface area contributed by atoms with Crippen LogP contribution in [0.1, 0.15) is 83.8 Å². The summed E-state index contributed by atoms with van der Waals surface area (Å²) in [7, 11) is 0. The molecule has 2 aromatic rings. The number of carbonyl (C=O) groups is 4. The number of rotatable bonds is 10. The average Bonchev–Trinajstić information content (AvgIpc) is 3.68. The van der Waals surface area contributed by atoms with Crippen LogP contribution < -0.4 is 16.0 Å². The number of allylic oxidation sites excluding steroid dienone is 2. The number of nitrogens with one attached hydrogen (secondary N) is 3. The van der Waals surface area contributed by atoms with E-state index in [1.54, 1.807) is 39.8 Å². The van der Waals surface area contributed by atoms with Crippen molar-refractivity contribution < 1.29 is 57.5 Å². The maximum Gasteiger partial charge on any atom is 0.408 e. The third-order valence-corrected chi connectivity index (χ3v) is 13.2. The molecule has 0 radical (unpaired) electrons. The number of halogens is 2. The number of hydrogen-bond donors (Lipinski definition) is 6. The predicted molar refractivity (Wildman–Crippen MR) is 215 cm³/mol. The highest BCUT2D eigenvalue weighted by Gasteiger charge is 2.78. The van der Waals surface area contributed by atoms with Crippen LogP contribution in [0.3, 0.4) is 0 Å². The Hall–Kier alpha value is -4.54. The standard InChI is InChI=1S/C45H55F2N3O10/c1-23(48-38(55)24(2)49-41(57)60-42(3,4)5)39(56)50-28-9-7-8-26(17-28)16-25-10-12-27(13-11-25)40-58-37-20-32-33-19-34(46)30-18-29(52)14-15-31(30)44(33,47)35(53)21-43(32,6)45(37,59-40)36(54)22-51/h7-15,17-18,23-24,29,31-35,37,40,51-53H,16,19-22H2,1-6H3,(H,48,55)(H,49,57)(H,50,56)/t23-,24-,29?,31?,32-,33?,34-,35?,37+,40+,43?,44-,45+/m0/s1. The van der Waals surface area contributed by atoms with Gasteiger partial charge in [-0.15, -0.1) is 0 Å². The molecular weight excluding hydrogens is 781 g/mol. The monoisotopic (exact) mass is 835 g/mol. The van der Waals surface area contributed by atoms with Crippen molar-refractivity contribution in [2.24, 2.45) is 23.2 Å². The van der Waals surface area contributed by atoms with Crippen LogP contribution in [0, 0.1) is 23.2 Å². The second kappa shape index (κ2) is 16.1. The van der Waals surface area contributed by atoms with Gasteiger partial charge in [0.15, 0.2) is 17.7 Å². The number of aliphatic hydroxyl groups excluding tert-OH is 3. The quantitative estimate of drug-likeness (QED) is 0.183. The van der Waals surface area contributed by atoms with Crippen LogP contribution in [-0.4, -0.2) is 99.1 Å². The van der Waals surface area contributed by atoms with E-state index in [1.807, 2.05) is 36.4 Å². The Kier molecular flexibility index (Phi) is 11.7. The molecule has 13 nitrogen and oxygen atoms in total. The second-order valence-electron chi connectivity index (χ2n) is 18.2. The lowest BCUT2D eigenvalue weighted by Gasteiger charge is -2.60. The van der Waals surface area contributed by atoms with Gasteiger partial charge in [-0.3, -0.25) is 14.4 Å². The molecule has 60 heavy (non-hydrogen) atoms. The van der Waals surface area contributed by atoms with E-state index in [-0.39, 0.29) is 24.8 Å². The van der Waals surface area contributed by atoms with E-state index in [9.17, 15) is 34.5 Å². The fraction of sp³-hybridized carbons (Fsp3) is 0.556. The fourth-order valence-corrected chi connectivity index (χ4v) is 10.4. The van der Waals surface area contributed by atoms with E-state index in [2.05, 4.69) is 16.0 Å². The summed E-state index contributed by atoms with van der Waals surface area (Å²) in [6, 6.07) is 12.7. The minimum absolute atomic E-state index is 0.122. The third kappa shape index (κ3) is 7.67. The number of carbonyl (C=O) groups excluding carboxylic acids is 4. The molecule has 5 aliphatic rings. The molecule has 1 heterocycles. The molecule has 1 aliphatic heterocycles. The van der Waals surface area contributed by atoms with Gasteiger partial charge in [0.25, 0.3) is 0 Å². The van der Waals surface area contributed by atoms with Gasteiger partial charge in [-0.25, -0.2) is 13.6 Å². The SMILES string of the molecule is C[C@H](NC(=O)OC(C)(C)C)C(=O)N[C@@H](C)C(=O)Nc1cccc(Cc2ccc([C@@H]3O[C@@H]4C[C@H]5C6C[C@H](F)C7=CC(O)C=CC7[C@@]6(F)C(O)CC5(C)[C@]4(C(=O)CO)O3)cc2)c1. The molecule has 324 valence electrons. The Morgan fingerprint density at radius 2 is 1.65 bits per heavy atom. The zero-order valence-electron chi connectivity index (χ0n) is 34.6. The number of alkyl halides is 2. The number of fused-ring (bicyclic) bond motifs is 7. The summed E-state index contributed by atoms with van der Waals surface area (Å²) in [6.45, 7) is 9.02. The highest BCUT2D eigenvalue weighted by Crippen LogP contribution is 2.70. The minimum Gasteiger partial charge on any atom is -0.444 e. The predicted octanol–water partition coefficient (Wildman–Crippen LogP) is 4.68. The van der Waals surface area contributed by atoms with Gasteiger partial charge < -0.3 is 45.5 Å². The lowest BCUT2D eigenvalue weighted by molar-refractivity contribution is -0.223. The zero-order chi connectivity index (χ0) is 43.5. The molecule has 7 rings (SSSR count). The lowest BCUT2D eigenvalue weighted by Crippen LogP contribution is -2.68. The first-order chi connectivity index (χ1) is 28.2. The number of alkyl carbamates (subject to hydrolysis) is 1. The van der Waals surface area contributed by atoms with E-state index in [0.29, 0.717) is 17.7 Å². The van der Waals surface area contributed by atoms with E-state index < -0.39 is 113 Å². The van der Waals surface area contributed by atoms with E-state index in [0.717, 1.165) is 11.1 Å². The first kappa shape index (κ1) is 43.5. The highest BCUT2D eigenvalue weighted by molar-refractivity contribution is 5.98. The smallest absolute Gasteiger partial charge is 0.408 e. The molecule has 3 amide bonds. The first-order valence-electron chi connectivity index (χ1n) is 20.5. The Morgan fingerprint density at radius 1 is 0.950 bits per heavy atom. The number of ether oxygens (including phenoxy) is 3. The molecule has 3 saturated carbocycles.